The molecule has 0 unspecified atom stereocenters. The van der Waals surface area contributed by atoms with Gasteiger partial charge in [0.1, 0.15) is 6.54 Å². The molecule has 0 rings (SSSR count). The van der Waals surface area contributed by atoms with Gasteiger partial charge in [0.05, 0.1) is 5.41 Å². The zero-order valence-corrected chi connectivity index (χ0v) is 11.9. The largest absolute Gasteiger partial charge is 0.481 e. The summed E-state index contributed by atoms with van der Waals surface area (Å²) in [7, 11) is 1.50. The van der Waals surface area contributed by atoms with Gasteiger partial charge in [-0.1, -0.05) is 6.92 Å². The van der Waals surface area contributed by atoms with Crippen molar-refractivity contribution in [3.05, 3.63) is 0 Å². The number of nitrogens with zero attached hydrogens (tertiary/aromatic N) is 1. The molecule has 110 valence electrons. The maximum Gasteiger partial charge on any atom is 0.317 e. The molecule has 0 aliphatic heterocycles. The van der Waals surface area contributed by atoms with Crippen molar-refractivity contribution in [1.29, 1.82) is 0 Å². The number of hydrogen-bond donors (Lipinski definition) is 3. The Morgan fingerprint density at radius 2 is 1.84 bits per heavy atom. The summed E-state index contributed by atoms with van der Waals surface area (Å²) < 4.78 is 0. The van der Waals surface area contributed by atoms with Crippen LogP contribution >= 0.6 is 0 Å². The molecule has 0 heterocycles. The molecule has 19 heavy (non-hydrogen) atoms. The van der Waals surface area contributed by atoms with Crippen molar-refractivity contribution < 1.29 is 19.5 Å². The number of carboxylic acids is 1. The second-order valence-electron chi connectivity index (χ2n) is 4.94. The van der Waals surface area contributed by atoms with Crippen LogP contribution in [0.15, 0.2) is 0 Å². The van der Waals surface area contributed by atoms with Gasteiger partial charge in [-0.15, -0.1) is 0 Å². The van der Waals surface area contributed by atoms with Crippen molar-refractivity contribution in [2.24, 2.45) is 5.41 Å². The second kappa shape index (κ2) is 7.60. The van der Waals surface area contributed by atoms with Crippen molar-refractivity contribution in [1.82, 2.24) is 15.5 Å². The lowest BCUT2D eigenvalue weighted by molar-refractivity contribution is -0.146. The first-order valence-electron chi connectivity index (χ1n) is 6.21. The Morgan fingerprint density at radius 3 is 2.26 bits per heavy atom. The molecule has 0 aromatic rings. The summed E-state index contributed by atoms with van der Waals surface area (Å²) in [6.45, 7) is 5.36. The number of carbonyl (C=O) groups excluding carboxylic acids is 2. The van der Waals surface area contributed by atoms with E-state index in [1.807, 2.05) is 6.92 Å². The first-order valence-corrected chi connectivity index (χ1v) is 6.21. The first kappa shape index (κ1) is 17.2. The van der Waals surface area contributed by atoms with Gasteiger partial charge in [0.15, 0.2) is 0 Å². The molecule has 0 aromatic carbocycles. The molecule has 0 atom stereocenters. The summed E-state index contributed by atoms with van der Waals surface area (Å²) in [5, 5.41) is 13.9. The van der Waals surface area contributed by atoms with Crippen LogP contribution in [0.3, 0.4) is 0 Å². The summed E-state index contributed by atoms with van der Waals surface area (Å²) in [6, 6.07) is -0.431. The Bertz CT molecular complexity index is 342. The number of aliphatic carboxylic acids is 1. The van der Waals surface area contributed by atoms with E-state index in [1.165, 1.54) is 25.8 Å². The highest BCUT2D eigenvalue weighted by atomic mass is 16.4. The van der Waals surface area contributed by atoms with Crippen molar-refractivity contribution in [3.8, 4) is 0 Å². The molecule has 7 heteroatoms. The molecule has 0 radical (unpaired) electrons. The van der Waals surface area contributed by atoms with E-state index >= 15 is 0 Å². The fourth-order valence-corrected chi connectivity index (χ4v) is 1.26. The minimum atomic E-state index is -1.04. The smallest absolute Gasteiger partial charge is 0.317 e. The monoisotopic (exact) mass is 273 g/mol. The number of carboxylic acid groups (broad SMARTS) is 1. The van der Waals surface area contributed by atoms with Crippen LogP contribution in [0.1, 0.15) is 27.2 Å². The lowest BCUT2D eigenvalue weighted by Crippen LogP contribution is -2.48. The van der Waals surface area contributed by atoms with E-state index in [0.717, 1.165) is 0 Å². The van der Waals surface area contributed by atoms with Crippen molar-refractivity contribution in [3.63, 3.8) is 0 Å². The number of urea groups is 1. The van der Waals surface area contributed by atoms with Crippen molar-refractivity contribution >= 4 is 17.9 Å². The number of likely N-dealkylation sites (N-methyl/N-ethyl adjacent to an activating group) is 1. The van der Waals surface area contributed by atoms with Gasteiger partial charge in [-0.25, -0.2) is 4.79 Å². The molecule has 3 amide bonds. The van der Waals surface area contributed by atoms with Gasteiger partial charge in [-0.2, -0.15) is 0 Å². The Morgan fingerprint density at radius 1 is 1.26 bits per heavy atom. The predicted octanol–water partition coefficient (Wildman–Crippen LogP) is 0.265. The highest BCUT2D eigenvalue weighted by molar-refractivity contribution is 5.84. The molecular weight excluding hydrogens is 250 g/mol. The number of hydrogen-bond acceptors (Lipinski definition) is 3. The first-order chi connectivity index (χ1) is 8.74. The molecule has 0 aliphatic carbocycles. The number of rotatable bonds is 7. The van der Waals surface area contributed by atoms with E-state index in [0.29, 0.717) is 13.0 Å². The maximum absolute atomic E-state index is 11.9. The second-order valence-corrected chi connectivity index (χ2v) is 4.94. The van der Waals surface area contributed by atoms with Gasteiger partial charge in [-0.3, -0.25) is 9.59 Å². The average Bonchev–Trinajstić information content (AvgIpc) is 2.35. The third-order valence-electron chi connectivity index (χ3n) is 2.65. The number of carbonyl (C=O) groups is 3. The molecule has 0 saturated carbocycles. The number of amides is 3. The summed E-state index contributed by atoms with van der Waals surface area (Å²) in [5.41, 5.74) is -1.04. The van der Waals surface area contributed by atoms with E-state index in [1.54, 1.807) is 0 Å². The minimum Gasteiger partial charge on any atom is -0.481 e. The zero-order chi connectivity index (χ0) is 15.1. The summed E-state index contributed by atoms with van der Waals surface area (Å²) in [6.07, 6.45) is 0.715. The van der Waals surface area contributed by atoms with E-state index in [9.17, 15) is 14.4 Å². The van der Waals surface area contributed by atoms with Crippen LogP contribution in [0.4, 0.5) is 4.79 Å². The molecule has 7 nitrogen and oxygen atoms in total. The van der Waals surface area contributed by atoms with Crippen LogP contribution in [-0.2, 0) is 9.59 Å². The fraction of sp³-hybridized carbons (Fsp3) is 0.750. The molecule has 0 saturated heterocycles. The average molecular weight is 273 g/mol. The molecule has 0 fully saturated rings. The van der Waals surface area contributed by atoms with Crippen LogP contribution in [0.2, 0.25) is 0 Å². The minimum absolute atomic E-state index is 0.00905. The lowest BCUT2D eigenvalue weighted by Gasteiger charge is -2.25. The third-order valence-corrected chi connectivity index (χ3v) is 2.65. The van der Waals surface area contributed by atoms with E-state index in [-0.39, 0.29) is 19.0 Å². The Labute approximate surface area is 113 Å². The molecule has 0 spiro atoms. The Balaban J connectivity index is 4.48. The predicted molar refractivity (Wildman–Crippen MR) is 70.7 cm³/mol. The van der Waals surface area contributed by atoms with Crippen LogP contribution in [0.5, 0.6) is 0 Å². The normalized spacial score (nSPS) is 10.7. The molecule has 3 N–H and O–H groups in total. The maximum atomic E-state index is 11.9. The van der Waals surface area contributed by atoms with Crippen molar-refractivity contribution in [2.45, 2.75) is 27.2 Å². The van der Waals surface area contributed by atoms with Gasteiger partial charge in [-0.05, 0) is 20.3 Å². The summed E-state index contributed by atoms with van der Waals surface area (Å²) in [4.78, 5) is 35.5. The lowest BCUT2D eigenvalue weighted by atomic mass is 9.94. The van der Waals surface area contributed by atoms with Crippen LogP contribution in [0.25, 0.3) is 0 Å². The topological polar surface area (TPSA) is 98.7 Å². The van der Waals surface area contributed by atoms with Gasteiger partial charge < -0.3 is 20.6 Å². The number of nitrogens with one attached hydrogen (secondary N) is 2. The van der Waals surface area contributed by atoms with Gasteiger partial charge in [0, 0.05) is 20.1 Å². The fourth-order valence-electron chi connectivity index (χ4n) is 1.26. The Hall–Kier alpha value is -1.79. The van der Waals surface area contributed by atoms with E-state index < -0.39 is 17.4 Å². The van der Waals surface area contributed by atoms with Gasteiger partial charge in [0.2, 0.25) is 5.91 Å². The molecular formula is C12H23N3O4. The summed E-state index contributed by atoms with van der Waals surface area (Å²) in [5.74, 6) is -1.25. The van der Waals surface area contributed by atoms with Gasteiger partial charge in [0.25, 0.3) is 0 Å². The van der Waals surface area contributed by atoms with Crippen LogP contribution in [0, 0.1) is 5.41 Å². The van der Waals surface area contributed by atoms with Gasteiger partial charge >= 0.3 is 12.0 Å². The molecule has 0 bridgehead atoms. The SMILES string of the molecule is CCCN(CC(=O)NC)C(=O)NCC(C)(C)C(=O)O. The third kappa shape index (κ3) is 6.08. The van der Waals surface area contributed by atoms with E-state index in [2.05, 4.69) is 10.6 Å². The van der Waals surface area contributed by atoms with Crippen LogP contribution in [-0.4, -0.2) is 54.6 Å². The highest BCUT2D eigenvalue weighted by Gasteiger charge is 2.28. The van der Waals surface area contributed by atoms with Crippen molar-refractivity contribution in [2.75, 3.05) is 26.7 Å². The molecule has 0 aromatic heterocycles. The van der Waals surface area contributed by atoms with Crippen LogP contribution < -0.4 is 10.6 Å². The summed E-state index contributed by atoms with van der Waals surface area (Å²) >= 11 is 0. The Kier molecular flexibility index (Phi) is 6.89. The quantitative estimate of drug-likeness (QED) is 0.620. The zero-order valence-electron chi connectivity index (χ0n) is 11.9. The molecule has 0 aliphatic rings. The highest BCUT2D eigenvalue weighted by Crippen LogP contribution is 2.13. The standard InChI is InChI=1S/C12H23N3O4/c1-5-6-15(7-9(16)13-4)11(19)14-8-12(2,3)10(17)18/h5-8H2,1-4H3,(H,13,16)(H,14,19)(H,17,18). The van der Waals surface area contributed by atoms with E-state index in [4.69, 9.17) is 5.11 Å².